The summed E-state index contributed by atoms with van der Waals surface area (Å²) >= 11 is 1.88. The maximum Gasteiger partial charge on any atom is 0.144 e. The Hall–Kier alpha value is -6.49. The molecule has 7 aromatic carbocycles. The third kappa shape index (κ3) is 4.33. The summed E-state index contributed by atoms with van der Waals surface area (Å²) in [7, 11) is 0. The predicted octanol–water partition coefficient (Wildman–Crippen LogP) is 13.4. The van der Waals surface area contributed by atoms with E-state index < -0.39 is 0 Å². The van der Waals surface area contributed by atoms with Gasteiger partial charge in [-0.3, -0.25) is 0 Å². The molecule has 0 saturated carbocycles. The number of hydrogen-bond donors (Lipinski definition) is 0. The first-order valence-electron chi connectivity index (χ1n) is 17.2. The van der Waals surface area contributed by atoms with Crippen molar-refractivity contribution in [2.24, 2.45) is 0 Å². The molecule has 0 unspecified atom stereocenters. The van der Waals surface area contributed by atoms with Gasteiger partial charge in [-0.2, -0.15) is 0 Å². The molecular weight excluding hydrogens is 641 g/mol. The fourth-order valence-corrected chi connectivity index (χ4v) is 9.14. The highest BCUT2D eigenvalue weighted by molar-refractivity contribution is 7.26. The Bertz CT molecular complexity index is 3150. The van der Waals surface area contributed by atoms with Gasteiger partial charge < -0.3 is 8.98 Å². The lowest BCUT2D eigenvalue weighted by Gasteiger charge is -2.14. The van der Waals surface area contributed by atoms with E-state index in [0.29, 0.717) is 0 Å². The number of aromatic nitrogens is 2. The minimum absolute atomic E-state index is 0.849. The average molecular weight is 669 g/mol. The van der Waals surface area contributed by atoms with E-state index in [-0.39, 0.29) is 0 Å². The summed E-state index contributed by atoms with van der Waals surface area (Å²) in [6.07, 6.45) is 0. The second-order valence-electron chi connectivity index (χ2n) is 13.1. The first-order valence-corrected chi connectivity index (χ1v) is 18.0. The van der Waals surface area contributed by atoms with Gasteiger partial charge in [0, 0.05) is 52.8 Å². The molecule has 0 aliphatic carbocycles. The van der Waals surface area contributed by atoms with Crippen LogP contribution in [0.25, 0.3) is 103 Å². The Morgan fingerprint density at radius 3 is 2.10 bits per heavy atom. The summed E-state index contributed by atoms with van der Waals surface area (Å²) in [4.78, 5) is 5.41. The molecule has 0 aliphatic rings. The van der Waals surface area contributed by atoms with Crippen LogP contribution in [-0.2, 0) is 0 Å². The molecule has 0 aliphatic heterocycles. The molecule has 0 spiro atoms. The van der Waals surface area contributed by atoms with Crippen LogP contribution in [0.4, 0.5) is 0 Å². The van der Waals surface area contributed by atoms with Crippen LogP contribution in [0.3, 0.4) is 0 Å². The topological polar surface area (TPSA) is 31.0 Å². The highest BCUT2D eigenvalue weighted by Crippen LogP contribution is 2.44. The third-order valence-corrected chi connectivity index (χ3v) is 11.4. The van der Waals surface area contributed by atoms with E-state index in [1.165, 1.54) is 47.5 Å². The van der Waals surface area contributed by atoms with Crippen molar-refractivity contribution in [3.05, 3.63) is 170 Å². The van der Waals surface area contributed by atoms with Crippen molar-refractivity contribution in [2.45, 2.75) is 0 Å². The maximum atomic E-state index is 6.56. The van der Waals surface area contributed by atoms with Crippen molar-refractivity contribution < 1.29 is 4.42 Å². The van der Waals surface area contributed by atoms with E-state index in [1.807, 2.05) is 23.5 Å². The van der Waals surface area contributed by atoms with Crippen molar-refractivity contribution in [2.75, 3.05) is 0 Å². The standard InChI is InChI=1S/C47H28N2OS/c1-2-12-29(13-3-1)30-14-10-15-31(26-30)39-27-32(28-40(48-39)37-20-11-19-35-33-16-5-8-22-43(33)50-46(35)37)49-41-21-7-4-18-38(41)45-42(49)25-24-36-34-17-6-9-23-44(34)51-47(36)45/h1-28H. The normalized spacial score (nSPS) is 11.9. The quantitative estimate of drug-likeness (QED) is 0.187. The lowest BCUT2D eigenvalue weighted by Crippen LogP contribution is -1.98. The van der Waals surface area contributed by atoms with Crippen LogP contribution in [0.1, 0.15) is 0 Å². The van der Waals surface area contributed by atoms with Crippen LogP contribution in [0.5, 0.6) is 0 Å². The van der Waals surface area contributed by atoms with Gasteiger partial charge in [0.25, 0.3) is 0 Å². The van der Waals surface area contributed by atoms with Crippen molar-refractivity contribution in [1.82, 2.24) is 9.55 Å². The lowest BCUT2D eigenvalue weighted by molar-refractivity contribution is 0.670. The fourth-order valence-electron chi connectivity index (χ4n) is 7.88. The number of nitrogens with zero attached hydrogens (tertiary/aromatic N) is 2. The fraction of sp³-hybridized carbons (Fsp3) is 0. The number of fused-ring (bicyclic) bond motifs is 10. The smallest absolute Gasteiger partial charge is 0.144 e. The Morgan fingerprint density at radius 2 is 1.18 bits per heavy atom. The zero-order valence-corrected chi connectivity index (χ0v) is 28.2. The number of thiophene rings is 1. The van der Waals surface area contributed by atoms with E-state index in [0.717, 1.165) is 55.7 Å². The Kier molecular flexibility index (Phi) is 6.12. The molecule has 51 heavy (non-hydrogen) atoms. The van der Waals surface area contributed by atoms with Crippen molar-refractivity contribution in [3.63, 3.8) is 0 Å². The molecule has 4 heteroatoms. The summed E-state index contributed by atoms with van der Waals surface area (Å²) in [6.45, 7) is 0. The van der Waals surface area contributed by atoms with Gasteiger partial charge in [0.2, 0.25) is 0 Å². The van der Waals surface area contributed by atoms with Crippen LogP contribution in [0.15, 0.2) is 174 Å². The minimum atomic E-state index is 0.849. The molecule has 3 nitrogen and oxygen atoms in total. The molecule has 0 N–H and O–H groups in total. The summed E-state index contributed by atoms with van der Waals surface area (Å²) in [5, 5.41) is 7.34. The molecule has 0 bridgehead atoms. The first-order chi connectivity index (χ1) is 25.3. The molecule has 0 atom stereocenters. The minimum Gasteiger partial charge on any atom is -0.455 e. The van der Waals surface area contributed by atoms with Crippen LogP contribution >= 0.6 is 11.3 Å². The molecule has 0 radical (unpaired) electrons. The zero-order valence-electron chi connectivity index (χ0n) is 27.4. The van der Waals surface area contributed by atoms with Gasteiger partial charge in [-0.05, 0) is 59.7 Å². The van der Waals surface area contributed by atoms with Gasteiger partial charge in [0.15, 0.2) is 0 Å². The molecule has 4 heterocycles. The number of para-hydroxylation sites is 3. The lowest BCUT2D eigenvalue weighted by atomic mass is 10.0. The Balaban J connectivity index is 1.22. The summed E-state index contributed by atoms with van der Waals surface area (Å²) in [5.74, 6) is 0. The van der Waals surface area contributed by atoms with Gasteiger partial charge in [-0.25, -0.2) is 4.98 Å². The van der Waals surface area contributed by atoms with E-state index in [4.69, 9.17) is 9.40 Å². The van der Waals surface area contributed by atoms with Crippen LogP contribution in [0, 0.1) is 0 Å². The molecule has 0 fully saturated rings. The van der Waals surface area contributed by atoms with Gasteiger partial charge >= 0.3 is 0 Å². The number of hydrogen-bond acceptors (Lipinski definition) is 3. The van der Waals surface area contributed by atoms with Crippen molar-refractivity contribution in [1.29, 1.82) is 0 Å². The monoisotopic (exact) mass is 668 g/mol. The van der Waals surface area contributed by atoms with E-state index in [2.05, 4.69) is 162 Å². The first kappa shape index (κ1) is 28.4. The number of rotatable bonds is 4. The van der Waals surface area contributed by atoms with Crippen LogP contribution in [-0.4, -0.2) is 9.55 Å². The number of furan rings is 1. The van der Waals surface area contributed by atoms with Gasteiger partial charge in [0.1, 0.15) is 11.2 Å². The zero-order chi connectivity index (χ0) is 33.5. The second kappa shape index (κ2) is 11.0. The largest absolute Gasteiger partial charge is 0.455 e. The molecule has 4 aromatic heterocycles. The van der Waals surface area contributed by atoms with Crippen LogP contribution < -0.4 is 0 Å². The van der Waals surface area contributed by atoms with Crippen LogP contribution in [0.2, 0.25) is 0 Å². The van der Waals surface area contributed by atoms with Crippen molar-refractivity contribution in [3.8, 4) is 39.3 Å². The van der Waals surface area contributed by atoms with Gasteiger partial charge in [-0.1, -0.05) is 121 Å². The second-order valence-corrected chi connectivity index (χ2v) is 14.2. The van der Waals surface area contributed by atoms with Crippen molar-refractivity contribution >= 4 is 75.3 Å². The maximum absolute atomic E-state index is 6.56. The molecule has 0 amide bonds. The SMILES string of the molecule is c1ccc(-c2cccc(-c3cc(-n4c5ccccc5c5c6sc7ccccc7c6ccc54)cc(-c4cccc5c4oc4ccccc45)n3)c2)cc1. The molecular formula is C47H28N2OS. The molecule has 0 saturated heterocycles. The van der Waals surface area contributed by atoms with E-state index in [9.17, 15) is 0 Å². The Labute approximate surface area is 297 Å². The van der Waals surface area contributed by atoms with E-state index >= 15 is 0 Å². The summed E-state index contributed by atoms with van der Waals surface area (Å²) < 4.78 is 11.6. The average Bonchev–Trinajstić information content (AvgIpc) is 3.88. The number of benzene rings is 7. The highest BCUT2D eigenvalue weighted by atomic mass is 32.1. The molecule has 11 rings (SSSR count). The van der Waals surface area contributed by atoms with E-state index in [1.54, 1.807) is 0 Å². The molecule has 11 aromatic rings. The predicted molar refractivity (Wildman–Crippen MR) is 215 cm³/mol. The Morgan fingerprint density at radius 1 is 0.471 bits per heavy atom. The summed E-state index contributed by atoms with van der Waals surface area (Å²) in [5.41, 5.74) is 11.3. The summed E-state index contributed by atoms with van der Waals surface area (Å²) in [6, 6.07) is 60.5. The molecule has 238 valence electrons. The van der Waals surface area contributed by atoms with Gasteiger partial charge in [-0.15, -0.1) is 11.3 Å². The highest BCUT2D eigenvalue weighted by Gasteiger charge is 2.20. The third-order valence-electron chi connectivity index (χ3n) is 10.2. The van der Waals surface area contributed by atoms with Gasteiger partial charge in [0.05, 0.1) is 28.1 Å². The number of pyridine rings is 1.